The fourth-order valence-electron chi connectivity index (χ4n) is 2.11. The Morgan fingerprint density at radius 2 is 2.10 bits per heavy atom. The lowest BCUT2D eigenvalue weighted by Gasteiger charge is -2.18. The van der Waals surface area contributed by atoms with Crippen LogP contribution in [-0.4, -0.2) is 19.6 Å². The van der Waals surface area contributed by atoms with Gasteiger partial charge in [0.25, 0.3) is 0 Å². The van der Waals surface area contributed by atoms with Crippen molar-refractivity contribution < 1.29 is 9.53 Å². The molecule has 0 fully saturated rings. The van der Waals surface area contributed by atoms with Gasteiger partial charge in [-0.1, -0.05) is 30.3 Å². The van der Waals surface area contributed by atoms with Crippen molar-refractivity contribution in [2.75, 3.05) is 13.7 Å². The number of ether oxygens (including phenoxy) is 1. The molecule has 106 valence electrons. The Kier molecular flexibility index (Phi) is 5.32. The summed E-state index contributed by atoms with van der Waals surface area (Å²) >= 11 is 1.60. The van der Waals surface area contributed by atoms with E-state index in [4.69, 9.17) is 4.74 Å². The highest BCUT2D eigenvalue weighted by molar-refractivity contribution is 7.10. The Balaban J connectivity index is 1.91. The molecule has 1 amide bonds. The fraction of sp³-hybridized carbons (Fsp3) is 0.312. The van der Waals surface area contributed by atoms with Gasteiger partial charge in [-0.2, -0.15) is 0 Å². The second kappa shape index (κ2) is 7.22. The topological polar surface area (TPSA) is 38.3 Å². The van der Waals surface area contributed by atoms with Gasteiger partial charge in [0.1, 0.15) is 0 Å². The van der Waals surface area contributed by atoms with Crippen molar-refractivity contribution in [3.8, 4) is 0 Å². The van der Waals surface area contributed by atoms with E-state index >= 15 is 0 Å². The summed E-state index contributed by atoms with van der Waals surface area (Å²) in [6.07, 6.45) is 0.325. The van der Waals surface area contributed by atoms with E-state index in [2.05, 4.69) is 18.3 Å². The van der Waals surface area contributed by atoms with Crippen LogP contribution in [0.25, 0.3) is 0 Å². The molecule has 0 aliphatic heterocycles. The highest BCUT2D eigenvalue weighted by Gasteiger charge is 2.14. The third-order valence-electron chi connectivity index (χ3n) is 3.22. The lowest BCUT2D eigenvalue weighted by atomic mass is 10.0. The third kappa shape index (κ3) is 3.92. The number of carbonyl (C=O) groups excluding carboxylic acids is 1. The van der Waals surface area contributed by atoms with E-state index in [9.17, 15) is 4.79 Å². The molecular weight excluding hydrogens is 270 g/mol. The first-order valence-corrected chi connectivity index (χ1v) is 7.46. The molecule has 1 aromatic heterocycles. The predicted octanol–water partition coefficient (Wildman–Crippen LogP) is 3.10. The molecule has 4 heteroatoms. The molecule has 1 aromatic carbocycles. The molecule has 20 heavy (non-hydrogen) atoms. The van der Waals surface area contributed by atoms with Crippen molar-refractivity contribution in [2.24, 2.45) is 0 Å². The van der Waals surface area contributed by atoms with Crippen LogP contribution in [0.2, 0.25) is 0 Å². The quantitative estimate of drug-likeness (QED) is 0.887. The van der Waals surface area contributed by atoms with Gasteiger partial charge < -0.3 is 10.1 Å². The van der Waals surface area contributed by atoms with Gasteiger partial charge >= 0.3 is 0 Å². The van der Waals surface area contributed by atoms with Crippen LogP contribution in [0.5, 0.6) is 0 Å². The number of benzene rings is 1. The largest absolute Gasteiger partial charge is 0.375 e. The number of thiophene rings is 1. The molecule has 0 spiro atoms. The van der Waals surface area contributed by atoms with Crippen LogP contribution in [0.4, 0.5) is 0 Å². The van der Waals surface area contributed by atoms with Gasteiger partial charge in [-0.15, -0.1) is 11.3 Å². The summed E-state index contributed by atoms with van der Waals surface area (Å²) < 4.78 is 5.49. The van der Waals surface area contributed by atoms with Crippen LogP contribution in [-0.2, 0) is 16.0 Å². The van der Waals surface area contributed by atoms with Gasteiger partial charge in [0.2, 0.25) is 5.91 Å². The molecule has 1 N–H and O–H groups in total. The van der Waals surface area contributed by atoms with Crippen LogP contribution in [0.1, 0.15) is 22.1 Å². The Bertz CT molecular complexity index is 551. The molecule has 0 unspecified atom stereocenters. The summed E-state index contributed by atoms with van der Waals surface area (Å²) in [5.74, 6) is 0.0306. The van der Waals surface area contributed by atoms with Gasteiger partial charge in [-0.3, -0.25) is 4.79 Å². The average Bonchev–Trinajstić information content (AvgIpc) is 2.94. The van der Waals surface area contributed by atoms with E-state index in [0.29, 0.717) is 13.0 Å². The standard InChI is InChI=1S/C16H19NO2S/c1-12-6-3-4-8-14(12)15(19-2)11-17-16(18)10-13-7-5-9-20-13/h3-9,15H,10-11H2,1-2H3,(H,17,18)/t15-/m1/s1. The monoisotopic (exact) mass is 289 g/mol. The molecule has 0 aliphatic rings. The lowest BCUT2D eigenvalue weighted by molar-refractivity contribution is -0.121. The molecule has 0 bridgehead atoms. The van der Waals surface area contributed by atoms with E-state index in [1.807, 2.05) is 35.7 Å². The fourth-order valence-corrected chi connectivity index (χ4v) is 2.81. The highest BCUT2D eigenvalue weighted by atomic mass is 32.1. The van der Waals surface area contributed by atoms with Crippen molar-refractivity contribution in [2.45, 2.75) is 19.4 Å². The minimum absolute atomic E-state index is 0.0306. The lowest BCUT2D eigenvalue weighted by Crippen LogP contribution is -2.30. The SMILES string of the molecule is CO[C@H](CNC(=O)Cc1cccs1)c1ccccc1C. The van der Waals surface area contributed by atoms with E-state index in [1.54, 1.807) is 18.4 Å². The van der Waals surface area contributed by atoms with Crippen LogP contribution in [0, 0.1) is 6.92 Å². The van der Waals surface area contributed by atoms with E-state index in [0.717, 1.165) is 10.4 Å². The zero-order valence-corrected chi connectivity index (χ0v) is 12.6. The number of aryl methyl sites for hydroxylation is 1. The molecule has 3 nitrogen and oxygen atoms in total. The molecular formula is C16H19NO2S. The maximum absolute atomic E-state index is 11.9. The smallest absolute Gasteiger partial charge is 0.225 e. The number of hydrogen-bond donors (Lipinski definition) is 1. The number of amides is 1. The molecule has 0 saturated heterocycles. The summed E-state index contributed by atoms with van der Waals surface area (Å²) in [4.78, 5) is 13.0. The molecule has 0 radical (unpaired) electrons. The van der Waals surface area contributed by atoms with Gasteiger partial charge in [0.05, 0.1) is 12.5 Å². The van der Waals surface area contributed by atoms with Crippen molar-refractivity contribution in [1.29, 1.82) is 0 Å². The predicted molar refractivity (Wildman–Crippen MR) is 82.0 cm³/mol. The van der Waals surface area contributed by atoms with Gasteiger partial charge in [-0.25, -0.2) is 0 Å². The number of carbonyl (C=O) groups is 1. The summed E-state index contributed by atoms with van der Waals surface area (Å²) in [6.45, 7) is 2.54. The van der Waals surface area contributed by atoms with Crippen LogP contribution in [0.3, 0.4) is 0 Å². The first kappa shape index (κ1) is 14.8. The van der Waals surface area contributed by atoms with Crippen LogP contribution in [0.15, 0.2) is 41.8 Å². The summed E-state index contributed by atoms with van der Waals surface area (Å²) in [5.41, 5.74) is 2.29. The first-order valence-electron chi connectivity index (χ1n) is 6.58. The number of rotatable bonds is 6. The second-order valence-electron chi connectivity index (χ2n) is 4.64. The van der Waals surface area contributed by atoms with Crippen LogP contribution >= 0.6 is 11.3 Å². The number of methoxy groups -OCH3 is 1. The number of nitrogens with one attached hydrogen (secondary N) is 1. The van der Waals surface area contributed by atoms with Gasteiger partial charge in [0, 0.05) is 18.5 Å². The molecule has 1 atom stereocenters. The van der Waals surface area contributed by atoms with E-state index in [-0.39, 0.29) is 12.0 Å². The van der Waals surface area contributed by atoms with Crippen molar-refractivity contribution >= 4 is 17.2 Å². The summed E-state index contributed by atoms with van der Waals surface area (Å²) in [6, 6.07) is 12.0. The van der Waals surface area contributed by atoms with Crippen molar-refractivity contribution in [3.63, 3.8) is 0 Å². The minimum atomic E-state index is -0.108. The first-order chi connectivity index (χ1) is 9.70. The highest BCUT2D eigenvalue weighted by Crippen LogP contribution is 2.19. The Morgan fingerprint density at radius 1 is 1.30 bits per heavy atom. The Morgan fingerprint density at radius 3 is 2.75 bits per heavy atom. The molecule has 1 heterocycles. The minimum Gasteiger partial charge on any atom is -0.375 e. The Labute approximate surface area is 123 Å². The van der Waals surface area contributed by atoms with E-state index < -0.39 is 0 Å². The van der Waals surface area contributed by atoms with Crippen molar-refractivity contribution in [3.05, 3.63) is 57.8 Å². The number of hydrogen-bond acceptors (Lipinski definition) is 3. The van der Waals surface area contributed by atoms with Crippen LogP contribution < -0.4 is 5.32 Å². The molecule has 2 aromatic rings. The zero-order valence-electron chi connectivity index (χ0n) is 11.8. The summed E-state index contributed by atoms with van der Waals surface area (Å²) in [7, 11) is 1.67. The third-order valence-corrected chi connectivity index (χ3v) is 4.10. The maximum Gasteiger partial charge on any atom is 0.225 e. The van der Waals surface area contributed by atoms with E-state index in [1.165, 1.54) is 5.56 Å². The van der Waals surface area contributed by atoms with Gasteiger partial charge in [-0.05, 0) is 29.5 Å². The molecule has 0 aliphatic carbocycles. The second-order valence-corrected chi connectivity index (χ2v) is 5.67. The maximum atomic E-state index is 11.9. The Hall–Kier alpha value is -1.65. The van der Waals surface area contributed by atoms with Gasteiger partial charge in [0.15, 0.2) is 0 Å². The molecule has 0 saturated carbocycles. The van der Waals surface area contributed by atoms with Crippen molar-refractivity contribution in [1.82, 2.24) is 5.32 Å². The normalized spacial score (nSPS) is 12.1. The summed E-state index contributed by atoms with van der Waals surface area (Å²) in [5, 5.41) is 4.92. The zero-order chi connectivity index (χ0) is 14.4. The molecule has 2 rings (SSSR count). The average molecular weight is 289 g/mol.